The second-order valence-corrected chi connectivity index (χ2v) is 6.85. The third kappa shape index (κ3) is 2.84. The molecule has 0 aliphatic carbocycles. The van der Waals surface area contributed by atoms with E-state index in [1.165, 1.54) is 10.6 Å². The van der Waals surface area contributed by atoms with Crippen LogP contribution in [0.2, 0.25) is 0 Å². The van der Waals surface area contributed by atoms with Crippen LogP contribution in [-0.2, 0) is 17.1 Å². The Morgan fingerprint density at radius 3 is 2.67 bits per heavy atom. The van der Waals surface area contributed by atoms with Crippen molar-refractivity contribution < 1.29 is 8.42 Å². The van der Waals surface area contributed by atoms with E-state index >= 15 is 0 Å². The van der Waals surface area contributed by atoms with Gasteiger partial charge in [-0.25, -0.2) is 8.42 Å². The number of sulfonamides is 1. The molecular formula is C11H20N4O2S. The fraction of sp³-hybridized carbons (Fsp3) is 0.727. The molecule has 18 heavy (non-hydrogen) atoms. The van der Waals surface area contributed by atoms with E-state index in [1.54, 1.807) is 24.1 Å². The molecule has 1 aliphatic heterocycles. The number of hydrogen-bond donors (Lipinski definition) is 0. The molecule has 102 valence electrons. The highest BCUT2D eigenvalue weighted by molar-refractivity contribution is 7.92. The van der Waals surface area contributed by atoms with Crippen molar-refractivity contribution in [2.24, 2.45) is 7.05 Å². The fourth-order valence-corrected chi connectivity index (χ4v) is 3.72. The fourth-order valence-electron chi connectivity index (χ4n) is 2.53. The molecule has 2 rings (SSSR count). The van der Waals surface area contributed by atoms with Gasteiger partial charge in [-0.3, -0.25) is 8.99 Å². The number of likely N-dealkylation sites (N-methyl/N-ethyl adjacent to an activating group) is 1. The molecule has 1 unspecified atom stereocenters. The first-order valence-electron chi connectivity index (χ1n) is 6.04. The van der Waals surface area contributed by atoms with E-state index in [0.717, 1.165) is 25.9 Å². The number of anilines is 1. The van der Waals surface area contributed by atoms with E-state index in [2.05, 4.69) is 10.00 Å². The summed E-state index contributed by atoms with van der Waals surface area (Å²) in [5, 5.41) is 4.06. The average Bonchev–Trinajstić information content (AvgIpc) is 2.62. The van der Waals surface area contributed by atoms with Gasteiger partial charge in [-0.05, 0) is 26.4 Å². The lowest BCUT2D eigenvalue weighted by Crippen LogP contribution is -2.49. The number of aromatic nitrogens is 2. The second-order valence-electron chi connectivity index (χ2n) is 4.99. The molecule has 0 bridgehead atoms. The zero-order valence-electron chi connectivity index (χ0n) is 11.1. The van der Waals surface area contributed by atoms with Crippen molar-refractivity contribution in [3.05, 3.63) is 12.4 Å². The van der Waals surface area contributed by atoms with E-state index in [4.69, 9.17) is 0 Å². The third-order valence-corrected chi connectivity index (χ3v) is 4.46. The van der Waals surface area contributed by atoms with Crippen LogP contribution in [0.3, 0.4) is 0 Å². The van der Waals surface area contributed by atoms with Crippen LogP contribution in [0.1, 0.15) is 12.8 Å². The Kier molecular flexibility index (Phi) is 3.63. The highest BCUT2D eigenvalue weighted by atomic mass is 32.2. The first-order chi connectivity index (χ1) is 8.38. The summed E-state index contributed by atoms with van der Waals surface area (Å²) in [6, 6.07) is 0.00273. The highest BCUT2D eigenvalue weighted by Crippen LogP contribution is 2.24. The Morgan fingerprint density at radius 2 is 2.17 bits per heavy atom. The van der Waals surface area contributed by atoms with Crippen LogP contribution < -0.4 is 4.31 Å². The van der Waals surface area contributed by atoms with E-state index < -0.39 is 10.0 Å². The molecule has 1 aromatic rings. The molecular weight excluding hydrogens is 252 g/mol. The van der Waals surface area contributed by atoms with Crippen molar-refractivity contribution in [3.8, 4) is 0 Å². The largest absolute Gasteiger partial charge is 0.304 e. The summed E-state index contributed by atoms with van der Waals surface area (Å²) < 4.78 is 27.2. The molecule has 0 amide bonds. The molecule has 0 aromatic carbocycles. The molecule has 7 heteroatoms. The van der Waals surface area contributed by atoms with Gasteiger partial charge in [0.25, 0.3) is 0 Å². The minimum absolute atomic E-state index is 0.00273. The number of piperidine rings is 1. The van der Waals surface area contributed by atoms with Gasteiger partial charge >= 0.3 is 0 Å². The van der Waals surface area contributed by atoms with Gasteiger partial charge in [-0.2, -0.15) is 5.10 Å². The maximum atomic E-state index is 12.0. The first-order valence-corrected chi connectivity index (χ1v) is 7.89. The zero-order valence-corrected chi connectivity index (χ0v) is 11.9. The van der Waals surface area contributed by atoms with Gasteiger partial charge < -0.3 is 4.90 Å². The lowest BCUT2D eigenvalue weighted by atomic mass is 10.1. The molecule has 0 radical (unpaired) electrons. The normalized spacial score (nSPS) is 22.1. The Hall–Kier alpha value is -1.08. The van der Waals surface area contributed by atoms with E-state index in [1.807, 2.05) is 7.05 Å². The smallest absolute Gasteiger partial charge is 0.232 e. The Morgan fingerprint density at radius 1 is 1.44 bits per heavy atom. The SMILES string of the molecule is CN1CCCC(N(c2cnn(C)c2)S(C)(=O)=O)C1. The van der Waals surface area contributed by atoms with Gasteiger partial charge in [0.05, 0.1) is 24.2 Å². The number of hydrogen-bond acceptors (Lipinski definition) is 4. The van der Waals surface area contributed by atoms with Gasteiger partial charge in [-0.1, -0.05) is 0 Å². The monoisotopic (exact) mass is 272 g/mol. The first kappa shape index (κ1) is 13.4. The summed E-state index contributed by atoms with van der Waals surface area (Å²) in [4.78, 5) is 2.17. The summed E-state index contributed by atoms with van der Waals surface area (Å²) >= 11 is 0. The molecule has 1 aliphatic rings. The predicted molar refractivity (Wildman–Crippen MR) is 71.0 cm³/mol. The highest BCUT2D eigenvalue weighted by Gasteiger charge is 2.30. The van der Waals surface area contributed by atoms with Crippen LogP contribution >= 0.6 is 0 Å². The van der Waals surface area contributed by atoms with Crippen molar-refractivity contribution >= 4 is 15.7 Å². The minimum Gasteiger partial charge on any atom is -0.304 e. The molecule has 1 aromatic heterocycles. The summed E-state index contributed by atoms with van der Waals surface area (Å²) in [7, 11) is 0.538. The number of rotatable bonds is 3. The zero-order chi connectivity index (χ0) is 13.3. The number of likely N-dealkylation sites (tertiary alicyclic amines) is 1. The van der Waals surface area contributed by atoms with Gasteiger partial charge in [0.2, 0.25) is 10.0 Å². The molecule has 2 heterocycles. The van der Waals surface area contributed by atoms with E-state index in [-0.39, 0.29) is 6.04 Å². The van der Waals surface area contributed by atoms with Crippen LogP contribution in [0.15, 0.2) is 12.4 Å². The summed E-state index contributed by atoms with van der Waals surface area (Å²) in [5.74, 6) is 0. The quantitative estimate of drug-likeness (QED) is 0.793. The van der Waals surface area contributed by atoms with Gasteiger partial charge in [0.15, 0.2) is 0 Å². The van der Waals surface area contributed by atoms with Crippen LogP contribution in [-0.4, -0.2) is 55.5 Å². The Labute approximate surface area is 108 Å². The average molecular weight is 272 g/mol. The van der Waals surface area contributed by atoms with Crippen LogP contribution in [0, 0.1) is 0 Å². The summed E-state index contributed by atoms with van der Waals surface area (Å²) in [6.45, 7) is 1.79. The Balaban J connectivity index is 2.31. The van der Waals surface area contributed by atoms with E-state index in [0.29, 0.717) is 5.69 Å². The van der Waals surface area contributed by atoms with Crippen LogP contribution in [0.5, 0.6) is 0 Å². The van der Waals surface area contributed by atoms with Crippen LogP contribution in [0.4, 0.5) is 5.69 Å². The lowest BCUT2D eigenvalue weighted by molar-refractivity contribution is 0.253. The summed E-state index contributed by atoms with van der Waals surface area (Å²) in [5.41, 5.74) is 0.653. The topological polar surface area (TPSA) is 58.4 Å². The van der Waals surface area contributed by atoms with Crippen molar-refractivity contribution in [1.82, 2.24) is 14.7 Å². The molecule has 0 N–H and O–H groups in total. The molecule has 1 atom stereocenters. The third-order valence-electron chi connectivity index (χ3n) is 3.23. The standard InChI is InChI=1S/C11H20N4O2S/c1-13-6-4-5-10(8-13)15(18(3,16)17)11-7-12-14(2)9-11/h7,9-10H,4-6,8H2,1-3H3. The maximum absolute atomic E-state index is 12.0. The van der Waals surface area contributed by atoms with Gasteiger partial charge in [-0.15, -0.1) is 0 Å². The maximum Gasteiger partial charge on any atom is 0.232 e. The van der Waals surface area contributed by atoms with Crippen LogP contribution in [0.25, 0.3) is 0 Å². The lowest BCUT2D eigenvalue weighted by Gasteiger charge is -2.37. The van der Waals surface area contributed by atoms with E-state index in [9.17, 15) is 8.42 Å². The minimum atomic E-state index is -3.27. The number of aryl methyl sites for hydroxylation is 1. The molecule has 0 saturated carbocycles. The summed E-state index contributed by atoms with van der Waals surface area (Å²) in [6.07, 6.45) is 6.53. The van der Waals surface area contributed by atoms with Crippen molar-refractivity contribution in [3.63, 3.8) is 0 Å². The van der Waals surface area contributed by atoms with Crippen molar-refractivity contribution in [2.45, 2.75) is 18.9 Å². The van der Waals surface area contributed by atoms with Crippen molar-refractivity contribution in [2.75, 3.05) is 30.7 Å². The molecule has 1 fully saturated rings. The predicted octanol–water partition coefficient (Wildman–Crippen LogP) is 0.280. The van der Waals surface area contributed by atoms with Gasteiger partial charge in [0, 0.05) is 19.8 Å². The molecule has 6 nitrogen and oxygen atoms in total. The van der Waals surface area contributed by atoms with Gasteiger partial charge in [0.1, 0.15) is 0 Å². The number of nitrogens with zero attached hydrogens (tertiary/aromatic N) is 4. The Bertz CT molecular complexity index is 511. The molecule has 0 spiro atoms. The molecule has 1 saturated heterocycles. The second kappa shape index (κ2) is 4.89. The van der Waals surface area contributed by atoms with Crippen molar-refractivity contribution in [1.29, 1.82) is 0 Å².